The van der Waals surface area contributed by atoms with Crippen LogP contribution in [0.2, 0.25) is 0 Å². The van der Waals surface area contributed by atoms with Gasteiger partial charge in [-0.3, -0.25) is 0 Å². The predicted octanol–water partition coefficient (Wildman–Crippen LogP) is 1.14. The molecule has 0 bridgehead atoms. The molecule has 2 heterocycles. The van der Waals surface area contributed by atoms with Crippen molar-refractivity contribution in [3.63, 3.8) is 0 Å². The summed E-state index contributed by atoms with van der Waals surface area (Å²) in [7, 11) is 1.63. The molecule has 0 spiro atoms. The summed E-state index contributed by atoms with van der Waals surface area (Å²) in [5.41, 5.74) is 2.49. The number of ether oxygens (including phenoxy) is 1. The van der Waals surface area contributed by atoms with Gasteiger partial charge in [-0.25, -0.2) is 9.97 Å². The van der Waals surface area contributed by atoms with Crippen LogP contribution < -0.4 is 0 Å². The lowest BCUT2D eigenvalue weighted by Crippen LogP contribution is -1.96. The molecule has 0 atom stereocenters. The molecule has 5 nitrogen and oxygen atoms in total. The highest BCUT2D eigenvalue weighted by Crippen LogP contribution is 2.15. The van der Waals surface area contributed by atoms with Crippen LogP contribution in [0.25, 0.3) is 10.8 Å². The smallest absolute Gasteiger partial charge is 0.191 e. The van der Waals surface area contributed by atoms with Crippen molar-refractivity contribution in [2.45, 2.75) is 6.61 Å². The average molecular weight is 208 g/mol. The molecule has 72 valence electrons. The molecule has 0 saturated heterocycles. The molecular weight excluding hydrogens is 200 g/mol. The molecule has 0 fully saturated rings. The van der Waals surface area contributed by atoms with Crippen molar-refractivity contribution in [1.82, 2.24) is 20.2 Å². The predicted molar refractivity (Wildman–Crippen MR) is 51.6 cm³/mol. The molecule has 2 aromatic rings. The molecule has 0 aromatic carbocycles. The van der Waals surface area contributed by atoms with E-state index in [1.54, 1.807) is 18.8 Å². The maximum atomic E-state index is 4.98. The Kier molecular flexibility index (Phi) is 2.76. The summed E-state index contributed by atoms with van der Waals surface area (Å²) in [6.45, 7) is 0.480. The quantitative estimate of drug-likeness (QED) is 0.757. The standard InChI is InChI=1S/C8H8N4OS/c1-13-4-6-2-3-9-7(11-6)8-12-10-5-14-8/h2-3,5H,4H2,1H3. The van der Waals surface area contributed by atoms with Gasteiger partial charge in [-0.05, 0) is 6.07 Å². The first-order valence-electron chi connectivity index (χ1n) is 3.97. The van der Waals surface area contributed by atoms with E-state index in [4.69, 9.17) is 4.74 Å². The van der Waals surface area contributed by atoms with Crippen LogP contribution >= 0.6 is 11.3 Å². The fraction of sp³-hybridized carbons (Fsp3) is 0.250. The van der Waals surface area contributed by atoms with Gasteiger partial charge in [-0.1, -0.05) is 11.3 Å². The van der Waals surface area contributed by atoms with Crippen LogP contribution in [-0.2, 0) is 11.3 Å². The van der Waals surface area contributed by atoms with Crippen LogP contribution in [0.5, 0.6) is 0 Å². The molecule has 0 radical (unpaired) electrons. The Morgan fingerprint density at radius 1 is 1.50 bits per heavy atom. The van der Waals surface area contributed by atoms with E-state index in [1.165, 1.54) is 11.3 Å². The summed E-state index contributed by atoms with van der Waals surface area (Å²) in [6, 6.07) is 1.81. The Balaban J connectivity index is 2.31. The molecule has 14 heavy (non-hydrogen) atoms. The van der Waals surface area contributed by atoms with Gasteiger partial charge in [0, 0.05) is 13.3 Å². The maximum Gasteiger partial charge on any atom is 0.191 e. The first-order valence-corrected chi connectivity index (χ1v) is 4.85. The molecule has 0 aliphatic rings. The van der Waals surface area contributed by atoms with E-state index >= 15 is 0 Å². The van der Waals surface area contributed by atoms with E-state index in [2.05, 4.69) is 20.2 Å². The third kappa shape index (κ3) is 1.91. The van der Waals surface area contributed by atoms with Crippen molar-refractivity contribution in [1.29, 1.82) is 0 Å². The van der Waals surface area contributed by atoms with Gasteiger partial charge in [-0.15, -0.1) is 10.2 Å². The number of aromatic nitrogens is 4. The molecule has 2 rings (SSSR count). The lowest BCUT2D eigenvalue weighted by atomic mass is 10.4. The fourth-order valence-corrected chi connectivity index (χ4v) is 1.49. The Hall–Kier alpha value is -1.40. The van der Waals surface area contributed by atoms with Crippen molar-refractivity contribution in [3.8, 4) is 10.8 Å². The van der Waals surface area contributed by atoms with Crippen molar-refractivity contribution in [3.05, 3.63) is 23.5 Å². The van der Waals surface area contributed by atoms with E-state index in [0.29, 0.717) is 12.4 Å². The number of nitrogens with zero attached hydrogens (tertiary/aromatic N) is 4. The van der Waals surface area contributed by atoms with Crippen molar-refractivity contribution >= 4 is 11.3 Å². The summed E-state index contributed by atoms with van der Waals surface area (Å²) >= 11 is 1.41. The second-order valence-corrected chi connectivity index (χ2v) is 3.38. The molecule has 2 aromatic heterocycles. The van der Waals surface area contributed by atoms with Gasteiger partial charge in [0.05, 0.1) is 12.3 Å². The topological polar surface area (TPSA) is 60.8 Å². The first-order chi connectivity index (χ1) is 6.90. The summed E-state index contributed by atoms with van der Waals surface area (Å²) in [5.74, 6) is 0.599. The fourth-order valence-electron chi connectivity index (χ4n) is 0.998. The third-order valence-corrected chi connectivity index (χ3v) is 2.24. The van der Waals surface area contributed by atoms with E-state index in [-0.39, 0.29) is 0 Å². The number of rotatable bonds is 3. The SMILES string of the molecule is COCc1ccnc(-c2nncs2)n1. The van der Waals surface area contributed by atoms with E-state index < -0.39 is 0 Å². The molecular formula is C8H8N4OS. The largest absolute Gasteiger partial charge is 0.378 e. The minimum absolute atomic E-state index is 0.480. The lowest BCUT2D eigenvalue weighted by Gasteiger charge is -1.99. The molecule has 0 amide bonds. The second-order valence-electron chi connectivity index (χ2n) is 2.55. The third-order valence-electron chi connectivity index (χ3n) is 1.56. The second kappa shape index (κ2) is 4.21. The highest BCUT2D eigenvalue weighted by atomic mass is 32.1. The van der Waals surface area contributed by atoms with Gasteiger partial charge < -0.3 is 4.74 Å². The monoisotopic (exact) mass is 208 g/mol. The van der Waals surface area contributed by atoms with E-state index in [1.807, 2.05) is 6.07 Å². The zero-order valence-corrected chi connectivity index (χ0v) is 8.36. The van der Waals surface area contributed by atoms with Gasteiger partial charge >= 0.3 is 0 Å². The molecule has 0 unspecified atom stereocenters. The Morgan fingerprint density at radius 3 is 3.14 bits per heavy atom. The van der Waals surface area contributed by atoms with Gasteiger partial charge in [0.2, 0.25) is 0 Å². The summed E-state index contributed by atoms with van der Waals surface area (Å²) in [4.78, 5) is 8.38. The minimum atomic E-state index is 0.480. The van der Waals surface area contributed by atoms with Crippen molar-refractivity contribution in [2.24, 2.45) is 0 Å². The number of hydrogen-bond acceptors (Lipinski definition) is 6. The summed E-state index contributed by atoms with van der Waals surface area (Å²) in [6.07, 6.45) is 1.69. The van der Waals surface area contributed by atoms with Gasteiger partial charge in [-0.2, -0.15) is 0 Å². The Morgan fingerprint density at radius 2 is 2.43 bits per heavy atom. The highest BCUT2D eigenvalue weighted by Gasteiger charge is 2.05. The number of methoxy groups -OCH3 is 1. The molecule has 0 aliphatic heterocycles. The van der Waals surface area contributed by atoms with Crippen LogP contribution in [0.1, 0.15) is 5.69 Å². The van der Waals surface area contributed by atoms with Crippen LogP contribution in [0.15, 0.2) is 17.8 Å². The average Bonchev–Trinajstić information content (AvgIpc) is 2.71. The summed E-state index contributed by atoms with van der Waals surface area (Å²) < 4.78 is 4.98. The van der Waals surface area contributed by atoms with Gasteiger partial charge in [0.1, 0.15) is 5.51 Å². The Bertz CT molecular complexity index is 403. The normalized spacial score (nSPS) is 10.4. The van der Waals surface area contributed by atoms with Crippen LogP contribution in [-0.4, -0.2) is 27.3 Å². The minimum Gasteiger partial charge on any atom is -0.378 e. The zero-order valence-electron chi connectivity index (χ0n) is 7.54. The molecule has 0 aliphatic carbocycles. The first kappa shape index (κ1) is 9.17. The number of hydrogen-bond donors (Lipinski definition) is 0. The molecule has 0 saturated carbocycles. The van der Waals surface area contributed by atoms with Crippen molar-refractivity contribution in [2.75, 3.05) is 7.11 Å². The van der Waals surface area contributed by atoms with Crippen LogP contribution in [0, 0.1) is 0 Å². The maximum absolute atomic E-state index is 4.98. The van der Waals surface area contributed by atoms with Gasteiger partial charge in [0.15, 0.2) is 10.8 Å². The zero-order chi connectivity index (χ0) is 9.80. The lowest BCUT2D eigenvalue weighted by molar-refractivity contribution is 0.181. The highest BCUT2D eigenvalue weighted by molar-refractivity contribution is 7.12. The van der Waals surface area contributed by atoms with E-state index in [9.17, 15) is 0 Å². The summed E-state index contributed by atoms with van der Waals surface area (Å²) in [5, 5.41) is 8.35. The van der Waals surface area contributed by atoms with Crippen molar-refractivity contribution < 1.29 is 4.74 Å². The van der Waals surface area contributed by atoms with Crippen LogP contribution in [0.3, 0.4) is 0 Å². The van der Waals surface area contributed by atoms with E-state index in [0.717, 1.165) is 10.7 Å². The Labute approximate surface area is 84.8 Å². The van der Waals surface area contributed by atoms with Gasteiger partial charge in [0.25, 0.3) is 0 Å². The molecule has 0 N–H and O–H groups in total. The van der Waals surface area contributed by atoms with Crippen LogP contribution in [0.4, 0.5) is 0 Å². The molecule has 6 heteroatoms.